The van der Waals surface area contributed by atoms with Gasteiger partial charge >= 0.3 is 5.97 Å². The normalized spacial score (nSPS) is 9.65. The van der Waals surface area contributed by atoms with Gasteiger partial charge in [0.15, 0.2) is 0 Å². The fourth-order valence-electron chi connectivity index (χ4n) is 1.21. The molecule has 0 unspecified atom stereocenters. The van der Waals surface area contributed by atoms with E-state index in [1.54, 1.807) is 18.2 Å². The van der Waals surface area contributed by atoms with E-state index in [0.29, 0.717) is 24.5 Å². The third kappa shape index (κ3) is 5.06. The molecule has 0 saturated carbocycles. The Kier molecular flexibility index (Phi) is 7.34. The van der Waals surface area contributed by atoms with Gasteiger partial charge in [0.1, 0.15) is 17.9 Å². The summed E-state index contributed by atoms with van der Waals surface area (Å²) in [6.07, 6.45) is 0. The van der Waals surface area contributed by atoms with Gasteiger partial charge in [-0.1, -0.05) is 12.1 Å². The molecule has 0 aliphatic carbocycles. The van der Waals surface area contributed by atoms with Crippen LogP contribution in [0, 0.1) is 0 Å². The second-order valence-corrected chi connectivity index (χ2v) is 3.64. The molecule has 4 nitrogen and oxygen atoms in total. The van der Waals surface area contributed by atoms with Crippen molar-refractivity contribution in [2.45, 2.75) is 0 Å². The maximum absolute atomic E-state index is 11.7. The minimum absolute atomic E-state index is 0. The van der Waals surface area contributed by atoms with Crippen molar-refractivity contribution in [3.05, 3.63) is 29.8 Å². The summed E-state index contributed by atoms with van der Waals surface area (Å²) in [5, 5.41) is 0. The van der Waals surface area contributed by atoms with Crippen molar-refractivity contribution >= 4 is 18.4 Å². The molecule has 0 atom stereocenters. The number of hydrogen-bond donors (Lipinski definition) is 0. The van der Waals surface area contributed by atoms with E-state index in [1.807, 2.05) is 25.1 Å². The minimum Gasteiger partial charge on any atom is -0.496 e. The second-order valence-electron chi connectivity index (χ2n) is 3.64. The van der Waals surface area contributed by atoms with E-state index in [9.17, 15) is 4.79 Å². The van der Waals surface area contributed by atoms with Gasteiger partial charge in [0, 0.05) is 6.54 Å². The lowest BCUT2D eigenvalue weighted by Gasteiger charge is -2.11. The smallest absolute Gasteiger partial charge is 0.341 e. The Labute approximate surface area is 108 Å². The average molecular weight is 260 g/mol. The first-order valence-corrected chi connectivity index (χ1v) is 5.10. The lowest BCUT2D eigenvalue weighted by atomic mass is 10.2. The number of methoxy groups -OCH3 is 1. The molecule has 0 aliphatic heterocycles. The predicted molar refractivity (Wildman–Crippen MR) is 69.1 cm³/mol. The highest BCUT2D eigenvalue weighted by Gasteiger charge is 2.12. The first-order valence-electron chi connectivity index (χ1n) is 5.10. The number of rotatable bonds is 5. The molecule has 0 aromatic heterocycles. The van der Waals surface area contributed by atoms with E-state index in [-0.39, 0.29) is 18.4 Å². The number of likely N-dealkylation sites (N-methyl/N-ethyl adjacent to an activating group) is 1. The average Bonchev–Trinajstić information content (AvgIpc) is 2.28. The topological polar surface area (TPSA) is 38.8 Å². The Morgan fingerprint density at radius 3 is 2.53 bits per heavy atom. The molecule has 1 rings (SSSR count). The van der Waals surface area contributed by atoms with E-state index in [1.165, 1.54) is 7.11 Å². The van der Waals surface area contributed by atoms with Gasteiger partial charge in [-0.2, -0.15) is 0 Å². The Bertz CT molecular complexity index is 355. The van der Waals surface area contributed by atoms with Gasteiger partial charge in [-0.05, 0) is 26.2 Å². The molecule has 0 heterocycles. The molecule has 0 saturated heterocycles. The molecule has 5 heteroatoms. The molecule has 0 N–H and O–H groups in total. The third-order valence-corrected chi connectivity index (χ3v) is 2.10. The van der Waals surface area contributed by atoms with Crippen molar-refractivity contribution in [3.8, 4) is 5.75 Å². The van der Waals surface area contributed by atoms with Crippen LogP contribution in [0.3, 0.4) is 0 Å². The molecular weight excluding hydrogens is 242 g/mol. The monoisotopic (exact) mass is 259 g/mol. The van der Waals surface area contributed by atoms with Crippen LogP contribution in [0.1, 0.15) is 10.4 Å². The molecule has 0 spiro atoms. The summed E-state index contributed by atoms with van der Waals surface area (Å²) in [5.41, 5.74) is 0.462. The summed E-state index contributed by atoms with van der Waals surface area (Å²) in [6, 6.07) is 7.03. The minimum atomic E-state index is -0.348. The largest absolute Gasteiger partial charge is 0.496 e. The lowest BCUT2D eigenvalue weighted by Crippen LogP contribution is -2.20. The summed E-state index contributed by atoms with van der Waals surface area (Å²) in [5.74, 6) is 0.191. The molecule has 0 aliphatic rings. The van der Waals surface area contributed by atoms with Gasteiger partial charge in [0.05, 0.1) is 7.11 Å². The molecule has 17 heavy (non-hydrogen) atoms. The molecule has 1 aromatic rings. The summed E-state index contributed by atoms with van der Waals surface area (Å²) >= 11 is 0. The zero-order valence-corrected chi connectivity index (χ0v) is 11.1. The zero-order valence-electron chi connectivity index (χ0n) is 10.3. The van der Waals surface area contributed by atoms with E-state index < -0.39 is 0 Å². The third-order valence-electron chi connectivity index (χ3n) is 2.10. The number of ether oxygens (including phenoxy) is 2. The fourth-order valence-corrected chi connectivity index (χ4v) is 1.21. The standard InChI is InChI=1S/C12H17NO3.ClH/c1-13(2)8-9-16-12(14)10-6-4-5-7-11(10)15-3;/h4-7H,8-9H2,1-3H3;1H. The van der Waals surface area contributed by atoms with Crippen LogP contribution in [0.15, 0.2) is 24.3 Å². The summed E-state index contributed by atoms with van der Waals surface area (Å²) < 4.78 is 10.2. The molecular formula is C12H18ClNO3. The van der Waals surface area contributed by atoms with Crippen LogP contribution in [0.25, 0.3) is 0 Å². The fraction of sp³-hybridized carbons (Fsp3) is 0.417. The number of carbonyl (C=O) groups is 1. The van der Waals surface area contributed by atoms with Crippen LogP contribution >= 0.6 is 12.4 Å². The Morgan fingerprint density at radius 2 is 1.94 bits per heavy atom. The summed E-state index contributed by atoms with van der Waals surface area (Å²) in [4.78, 5) is 13.6. The molecule has 0 amide bonds. The molecule has 96 valence electrons. The number of para-hydroxylation sites is 1. The van der Waals surface area contributed by atoms with Crippen LogP contribution in [0.5, 0.6) is 5.75 Å². The van der Waals surface area contributed by atoms with Crippen LogP contribution in [-0.2, 0) is 4.74 Å². The van der Waals surface area contributed by atoms with Crippen LogP contribution < -0.4 is 4.74 Å². The van der Waals surface area contributed by atoms with Crippen LogP contribution in [-0.4, -0.2) is 45.2 Å². The van der Waals surface area contributed by atoms with Crippen molar-refractivity contribution in [3.63, 3.8) is 0 Å². The number of hydrogen-bond acceptors (Lipinski definition) is 4. The highest BCUT2D eigenvalue weighted by atomic mass is 35.5. The van der Waals surface area contributed by atoms with Gasteiger partial charge < -0.3 is 14.4 Å². The summed E-state index contributed by atoms with van der Waals surface area (Å²) in [6.45, 7) is 1.09. The van der Waals surface area contributed by atoms with Gasteiger partial charge in [-0.15, -0.1) is 12.4 Å². The highest BCUT2D eigenvalue weighted by molar-refractivity contribution is 5.92. The Balaban J connectivity index is 0.00000256. The van der Waals surface area contributed by atoms with Crippen molar-refractivity contribution in [1.29, 1.82) is 0 Å². The maximum atomic E-state index is 11.7. The van der Waals surface area contributed by atoms with Gasteiger partial charge in [0.2, 0.25) is 0 Å². The van der Waals surface area contributed by atoms with Crippen molar-refractivity contribution in [2.24, 2.45) is 0 Å². The maximum Gasteiger partial charge on any atom is 0.341 e. The van der Waals surface area contributed by atoms with Crippen molar-refractivity contribution in [2.75, 3.05) is 34.4 Å². The van der Waals surface area contributed by atoms with Crippen molar-refractivity contribution in [1.82, 2.24) is 4.90 Å². The van der Waals surface area contributed by atoms with E-state index in [2.05, 4.69) is 0 Å². The highest BCUT2D eigenvalue weighted by Crippen LogP contribution is 2.17. The van der Waals surface area contributed by atoms with E-state index >= 15 is 0 Å². The number of carbonyl (C=O) groups excluding carboxylic acids is 1. The predicted octanol–water partition coefficient (Wildman–Crippen LogP) is 1.84. The Hall–Kier alpha value is -1.26. The zero-order chi connectivity index (χ0) is 12.0. The number of nitrogens with zero attached hydrogens (tertiary/aromatic N) is 1. The SMILES string of the molecule is COc1ccccc1C(=O)OCCN(C)C.Cl. The van der Waals surface area contributed by atoms with Gasteiger partial charge in [-0.3, -0.25) is 0 Å². The molecule has 1 aromatic carbocycles. The van der Waals surface area contributed by atoms with Crippen molar-refractivity contribution < 1.29 is 14.3 Å². The second kappa shape index (κ2) is 7.92. The van der Waals surface area contributed by atoms with Gasteiger partial charge in [-0.25, -0.2) is 4.79 Å². The van der Waals surface area contributed by atoms with E-state index in [0.717, 1.165) is 0 Å². The molecule has 0 radical (unpaired) electrons. The first-order chi connectivity index (χ1) is 7.65. The van der Waals surface area contributed by atoms with Crippen LogP contribution in [0.4, 0.5) is 0 Å². The first kappa shape index (κ1) is 15.7. The van der Waals surface area contributed by atoms with E-state index in [4.69, 9.17) is 9.47 Å². The van der Waals surface area contributed by atoms with Crippen LogP contribution in [0.2, 0.25) is 0 Å². The number of esters is 1. The lowest BCUT2D eigenvalue weighted by molar-refractivity contribution is 0.0478. The Morgan fingerprint density at radius 1 is 1.29 bits per heavy atom. The quantitative estimate of drug-likeness (QED) is 0.757. The summed E-state index contributed by atoms with van der Waals surface area (Å²) in [7, 11) is 5.39. The molecule has 0 fully saturated rings. The number of benzene rings is 1. The van der Waals surface area contributed by atoms with Gasteiger partial charge in [0.25, 0.3) is 0 Å². The number of halogens is 1. The molecule has 0 bridgehead atoms.